The van der Waals surface area contributed by atoms with Crippen molar-refractivity contribution in [1.82, 2.24) is 0 Å². The van der Waals surface area contributed by atoms with Crippen LogP contribution in [0.15, 0.2) is 0 Å². The Kier molecular flexibility index (Phi) is 1220. The zero-order chi connectivity index (χ0) is 6.00. The molecule has 0 bridgehead atoms. The maximum absolute atomic E-state index is 7.72. The van der Waals surface area contributed by atoms with Crippen molar-refractivity contribution in [2.45, 2.75) is 0 Å². The largest absolute Gasteiger partial charge is 3.00 e. The molecule has 0 radical (unpaired) electrons. The smallest absolute Gasteiger partial charge is 0.769 e. The minimum Gasteiger partial charge on any atom is -0.769 e. The molecule has 0 saturated heterocycles. The Morgan fingerprint density at radius 1 is 0.625 bits per heavy atom. The third-order valence-electron chi connectivity index (χ3n) is 0. The molecule has 0 aliphatic carbocycles. The van der Waals surface area contributed by atoms with Crippen molar-refractivity contribution in [3.05, 3.63) is 0 Å². The molecule has 0 aromatic carbocycles. The molecule has 0 aliphatic heterocycles. The molecule has 0 amide bonds. The molecule has 2 N–H and O–H groups in total. The molecule has 0 saturated carbocycles. The number of rotatable bonds is 0. The molecular weight excluding hydrogens is 197 g/mol. The van der Waals surface area contributed by atoms with Crippen LogP contribution in [0, 0.1) is 0 Å². The van der Waals surface area contributed by atoms with Crippen LogP contribution in [0.2, 0.25) is 0 Å². The summed E-state index contributed by atoms with van der Waals surface area (Å²) in [5.74, 6) is 0. The van der Waals surface area contributed by atoms with E-state index in [2.05, 4.69) is 35.6 Å². The summed E-state index contributed by atoms with van der Waals surface area (Å²) in [6.45, 7) is 0. The zero-order valence-corrected chi connectivity index (χ0v) is 6.86. The van der Waals surface area contributed by atoms with Gasteiger partial charge in [0.05, 0.1) is 0 Å². The summed E-state index contributed by atoms with van der Waals surface area (Å²) < 4.78 is 23.2. The van der Waals surface area contributed by atoms with Crippen LogP contribution in [0.25, 0.3) is 0 Å². The Bertz CT molecular complexity index is 11.2. The van der Waals surface area contributed by atoms with E-state index in [0.29, 0.717) is 0 Å². The van der Waals surface area contributed by atoms with Gasteiger partial charge in [0, 0.05) is 0 Å². The fourth-order valence-corrected chi connectivity index (χ4v) is 0. The molecule has 50 valence electrons. The van der Waals surface area contributed by atoms with E-state index in [-0.39, 0.29) is 22.8 Å². The predicted molar refractivity (Wildman–Crippen MR) is 26.9 cm³/mol. The van der Waals surface area contributed by atoms with E-state index in [9.17, 15) is 0 Å². The van der Waals surface area contributed by atoms with Crippen molar-refractivity contribution in [1.29, 1.82) is 0 Å². The van der Waals surface area contributed by atoms with Gasteiger partial charge in [-0.05, 0) is 0 Å². The monoisotopic (exact) mass is 198 g/mol. The standard InChI is InChI=1S/Al.3ClO.H2O/c;3*1-2;/h;;;;1H2/q+3;3*-1;. The van der Waals surface area contributed by atoms with Crippen LogP contribution < -0.4 is 14.0 Å². The fraction of sp³-hybridized carbons (Fsp3) is 0. The quantitative estimate of drug-likeness (QED) is 0.397. The number of halogens is 3. The first kappa shape index (κ1) is 34.9. The van der Waals surface area contributed by atoms with Crippen molar-refractivity contribution in [3.63, 3.8) is 0 Å². The first-order chi connectivity index (χ1) is 3.00. The molecule has 0 rings (SSSR count). The van der Waals surface area contributed by atoms with Crippen LogP contribution in [-0.2, 0) is 0 Å². The third-order valence-corrected chi connectivity index (χ3v) is 0. The molecule has 0 aromatic heterocycles. The molecule has 0 atom stereocenters. The second kappa shape index (κ2) is 280. The van der Waals surface area contributed by atoms with Gasteiger partial charge in [-0.15, -0.1) is 0 Å². The summed E-state index contributed by atoms with van der Waals surface area (Å²) in [5.41, 5.74) is 0. The molecule has 0 fully saturated rings. The Morgan fingerprint density at radius 2 is 0.625 bits per heavy atom. The van der Waals surface area contributed by atoms with Crippen molar-refractivity contribution < 1.29 is 19.5 Å². The number of hydrogen-bond acceptors (Lipinski definition) is 3. The first-order valence-electron chi connectivity index (χ1n) is 0.463. The van der Waals surface area contributed by atoms with Gasteiger partial charge >= 0.3 is 17.4 Å². The molecule has 4 nitrogen and oxygen atoms in total. The second-order valence-corrected chi connectivity index (χ2v) is 0. The van der Waals surface area contributed by atoms with Gasteiger partial charge in [0.25, 0.3) is 0 Å². The summed E-state index contributed by atoms with van der Waals surface area (Å²) in [4.78, 5) is 0. The topological polar surface area (TPSA) is 101 Å². The summed E-state index contributed by atoms with van der Waals surface area (Å²) >= 11 is 10.2. The molecule has 0 unspecified atom stereocenters. The van der Waals surface area contributed by atoms with Gasteiger partial charge in [0.2, 0.25) is 0 Å². The minimum absolute atomic E-state index is 0. The maximum Gasteiger partial charge on any atom is 3.00 e. The van der Waals surface area contributed by atoms with Gasteiger partial charge in [-0.3, -0.25) is 0 Å². The van der Waals surface area contributed by atoms with E-state index in [1.54, 1.807) is 0 Å². The Balaban J connectivity index is -0.00000000500. The molecule has 0 heterocycles. The molecular formula is H2AlCl3O4. The average Bonchev–Trinajstić information content (AvgIpc) is 1.81. The van der Waals surface area contributed by atoms with E-state index in [0.717, 1.165) is 0 Å². The molecule has 8 heteroatoms. The normalized spacial score (nSPS) is 2.25. The van der Waals surface area contributed by atoms with E-state index >= 15 is 0 Å². The second-order valence-electron chi connectivity index (χ2n) is 0. The van der Waals surface area contributed by atoms with E-state index in [4.69, 9.17) is 14.0 Å². The van der Waals surface area contributed by atoms with Gasteiger partial charge in [-0.2, -0.15) is 0 Å². The van der Waals surface area contributed by atoms with Crippen LogP contribution in [0.1, 0.15) is 0 Å². The Morgan fingerprint density at radius 3 is 0.625 bits per heavy atom. The molecule has 8 heavy (non-hydrogen) atoms. The molecule has 0 aromatic rings. The molecule has 0 spiro atoms. The maximum atomic E-state index is 7.72. The van der Waals surface area contributed by atoms with Crippen LogP contribution >= 0.6 is 35.6 Å². The van der Waals surface area contributed by atoms with E-state index < -0.39 is 0 Å². The van der Waals surface area contributed by atoms with E-state index in [1.807, 2.05) is 0 Å². The minimum atomic E-state index is 0. The summed E-state index contributed by atoms with van der Waals surface area (Å²) in [6, 6.07) is 0. The summed E-state index contributed by atoms with van der Waals surface area (Å²) in [6.07, 6.45) is 0. The average molecular weight is 199 g/mol. The molecule has 0 aliphatic rings. The summed E-state index contributed by atoms with van der Waals surface area (Å²) in [7, 11) is 0. The number of hydrogen-bond donors (Lipinski definition) is 0. The van der Waals surface area contributed by atoms with Crippen LogP contribution in [0.4, 0.5) is 0 Å². The zero-order valence-electron chi connectivity index (χ0n) is 3.44. The van der Waals surface area contributed by atoms with Gasteiger partial charge < -0.3 is 19.5 Å². The Labute approximate surface area is 72.5 Å². The first-order valence-corrected chi connectivity index (χ1v) is 1.39. The van der Waals surface area contributed by atoms with Gasteiger partial charge in [0.15, 0.2) is 0 Å². The predicted octanol–water partition coefficient (Wildman–Crippen LogP) is -2.70. The van der Waals surface area contributed by atoms with E-state index in [1.165, 1.54) is 0 Å². The van der Waals surface area contributed by atoms with Crippen LogP contribution in [0.3, 0.4) is 0 Å². The van der Waals surface area contributed by atoms with Gasteiger partial charge in [0.1, 0.15) is 0 Å². The third kappa shape index (κ3) is 183. The van der Waals surface area contributed by atoms with Crippen LogP contribution in [-0.4, -0.2) is 22.8 Å². The summed E-state index contributed by atoms with van der Waals surface area (Å²) in [5, 5.41) is 0. The van der Waals surface area contributed by atoms with Gasteiger partial charge in [-0.25, -0.2) is 35.6 Å². The van der Waals surface area contributed by atoms with Crippen molar-refractivity contribution in [3.8, 4) is 0 Å². The van der Waals surface area contributed by atoms with Crippen LogP contribution in [0.5, 0.6) is 0 Å². The van der Waals surface area contributed by atoms with Gasteiger partial charge in [-0.1, -0.05) is 0 Å². The van der Waals surface area contributed by atoms with Crippen molar-refractivity contribution in [2.75, 3.05) is 0 Å². The SMILES string of the molecule is O.[Al+3].[O-]Cl.[O-]Cl.[O-]Cl. The fourth-order valence-electron chi connectivity index (χ4n) is 0. The van der Waals surface area contributed by atoms with Crippen molar-refractivity contribution >= 4 is 53.0 Å². The van der Waals surface area contributed by atoms with Crippen molar-refractivity contribution in [2.24, 2.45) is 0 Å². The Hall–Kier alpha value is 1.24.